The van der Waals surface area contributed by atoms with Crippen LogP contribution in [0.5, 0.6) is 0 Å². The number of rotatable bonds is 3. The maximum absolute atomic E-state index is 5.72. The number of benzene rings is 1. The molecule has 3 unspecified atom stereocenters. The molecule has 3 rings (SSSR count). The van der Waals surface area contributed by atoms with Crippen LogP contribution >= 0.6 is 0 Å². The number of fused-ring (bicyclic) bond motifs is 1. The third-order valence-electron chi connectivity index (χ3n) is 4.66. The van der Waals surface area contributed by atoms with Crippen LogP contribution in [0.2, 0.25) is 0 Å². The summed E-state index contributed by atoms with van der Waals surface area (Å²) in [6.45, 7) is 3.12. The van der Waals surface area contributed by atoms with Crippen molar-refractivity contribution in [1.82, 2.24) is 5.32 Å². The Labute approximate surface area is 110 Å². The van der Waals surface area contributed by atoms with Crippen molar-refractivity contribution in [3.05, 3.63) is 34.9 Å². The lowest BCUT2D eigenvalue weighted by Crippen LogP contribution is -2.29. The molecule has 0 bridgehead atoms. The molecule has 0 amide bonds. The third-order valence-corrected chi connectivity index (χ3v) is 4.66. The fraction of sp³-hybridized carbons (Fsp3) is 0.625. The van der Waals surface area contributed by atoms with Crippen LogP contribution in [-0.2, 0) is 17.6 Å². The normalized spacial score (nSPS) is 28.3. The maximum Gasteiger partial charge on any atom is 0.0594 e. The number of nitrogens with one attached hydrogen (secondary N) is 1. The van der Waals surface area contributed by atoms with Gasteiger partial charge in [-0.1, -0.05) is 18.2 Å². The van der Waals surface area contributed by atoms with Gasteiger partial charge in [0.2, 0.25) is 0 Å². The van der Waals surface area contributed by atoms with Gasteiger partial charge in [0.15, 0.2) is 0 Å². The zero-order valence-electron chi connectivity index (χ0n) is 11.4. The predicted octanol–water partition coefficient (Wildman–Crippen LogP) is 2.86. The molecule has 1 fully saturated rings. The van der Waals surface area contributed by atoms with Gasteiger partial charge in [0, 0.05) is 18.6 Å². The molecule has 1 aromatic carbocycles. The Kier molecular flexibility index (Phi) is 3.40. The van der Waals surface area contributed by atoms with Gasteiger partial charge < -0.3 is 10.1 Å². The molecular formula is C16H23NO. The maximum atomic E-state index is 5.72. The number of hydrogen-bond acceptors (Lipinski definition) is 2. The lowest BCUT2D eigenvalue weighted by molar-refractivity contribution is 0.0963. The molecule has 0 spiro atoms. The summed E-state index contributed by atoms with van der Waals surface area (Å²) in [6, 6.07) is 7.52. The second-order valence-electron chi connectivity index (χ2n) is 5.68. The number of aryl methyl sites for hydroxylation is 2. The van der Waals surface area contributed by atoms with Crippen molar-refractivity contribution < 1.29 is 4.74 Å². The molecule has 1 aliphatic carbocycles. The van der Waals surface area contributed by atoms with E-state index in [2.05, 4.69) is 37.5 Å². The zero-order chi connectivity index (χ0) is 12.5. The Morgan fingerprint density at radius 2 is 2.11 bits per heavy atom. The van der Waals surface area contributed by atoms with Crippen LogP contribution in [0, 0.1) is 5.92 Å². The molecule has 2 nitrogen and oxygen atoms in total. The molecule has 1 N–H and O–H groups in total. The molecule has 98 valence electrons. The molecule has 3 atom stereocenters. The van der Waals surface area contributed by atoms with E-state index in [1.807, 2.05) is 0 Å². The van der Waals surface area contributed by atoms with Gasteiger partial charge in [-0.15, -0.1) is 0 Å². The van der Waals surface area contributed by atoms with Crippen LogP contribution in [0.3, 0.4) is 0 Å². The minimum Gasteiger partial charge on any atom is -0.378 e. The second kappa shape index (κ2) is 5.02. The van der Waals surface area contributed by atoms with Crippen LogP contribution in [0.1, 0.15) is 42.5 Å². The SMILES string of the molecule is CNC(c1ccc2c(c1)CCC2)C1CCOC1C. The zero-order valence-corrected chi connectivity index (χ0v) is 11.4. The quantitative estimate of drug-likeness (QED) is 0.884. The van der Waals surface area contributed by atoms with E-state index in [1.165, 1.54) is 31.2 Å². The van der Waals surface area contributed by atoms with Crippen molar-refractivity contribution in [2.75, 3.05) is 13.7 Å². The lowest BCUT2D eigenvalue weighted by atomic mass is 9.87. The van der Waals surface area contributed by atoms with E-state index < -0.39 is 0 Å². The Morgan fingerprint density at radius 1 is 1.28 bits per heavy atom. The number of hydrogen-bond donors (Lipinski definition) is 1. The highest BCUT2D eigenvalue weighted by Crippen LogP contribution is 2.34. The Morgan fingerprint density at radius 3 is 2.83 bits per heavy atom. The third kappa shape index (κ3) is 2.08. The fourth-order valence-electron chi connectivity index (χ4n) is 3.60. The molecule has 0 aromatic heterocycles. The van der Waals surface area contributed by atoms with Crippen LogP contribution in [0.25, 0.3) is 0 Å². The van der Waals surface area contributed by atoms with Crippen LogP contribution in [0.4, 0.5) is 0 Å². The average Bonchev–Trinajstić information content (AvgIpc) is 2.99. The van der Waals surface area contributed by atoms with E-state index in [1.54, 1.807) is 11.1 Å². The summed E-state index contributed by atoms with van der Waals surface area (Å²) in [4.78, 5) is 0. The lowest BCUT2D eigenvalue weighted by Gasteiger charge is -2.26. The van der Waals surface area contributed by atoms with Gasteiger partial charge in [0.25, 0.3) is 0 Å². The summed E-state index contributed by atoms with van der Waals surface area (Å²) < 4.78 is 5.72. The van der Waals surface area contributed by atoms with Crippen LogP contribution in [0.15, 0.2) is 18.2 Å². The highest BCUT2D eigenvalue weighted by atomic mass is 16.5. The molecular weight excluding hydrogens is 222 g/mol. The Balaban J connectivity index is 1.87. The second-order valence-corrected chi connectivity index (χ2v) is 5.68. The van der Waals surface area contributed by atoms with E-state index >= 15 is 0 Å². The van der Waals surface area contributed by atoms with Crippen molar-refractivity contribution >= 4 is 0 Å². The molecule has 1 heterocycles. The standard InChI is InChI=1S/C16H23NO/c1-11-15(8-9-18-11)16(17-2)14-7-6-12-4-3-5-13(12)10-14/h6-7,10-11,15-17H,3-5,8-9H2,1-2H3. The Hall–Kier alpha value is -0.860. The van der Waals surface area contributed by atoms with Gasteiger partial charge in [-0.05, 0) is 56.3 Å². The monoisotopic (exact) mass is 245 g/mol. The summed E-state index contributed by atoms with van der Waals surface area (Å²) in [7, 11) is 2.07. The molecule has 2 aliphatic rings. The minimum atomic E-state index is 0.371. The molecule has 2 heteroatoms. The van der Waals surface area contributed by atoms with Gasteiger partial charge in [0.1, 0.15) is 0 Å². The van der Waals surface area contributed by atoms with Gasteiger partial charge >= 0.3 is 0 Å². The van der Waals surface area contributed by atoms with Crippen molar-refractivity contribution in [2.45, 2.75) is 44.8 Å². The minimum absolute atomic E-state index is 0.371. The van der Waals surface area contributed by atoms with E-state index in [-0.39, 0.29) is 0 Å². The van der Waals surface area contributed by atoms with Crippen LogP contribution < -0.4 is 5.32 Å². The summed E-state index contributed by atoms with van der Waals surface area (Å²) in [5.41, 5.74) is 4.57. The average molecular weight is 245 g/mol. The van der Waals surface area contributed by atoms with Crippen molar-refractivity contribution in [3.8, 4) is 0 Å². The van der Waals surface area contributed by atoms with Crippen LogP contribution in [-0.4, -0.2) is 19.8 Å². The van der Waals surface area contributed by atoms with Crippen molar-refractivity contribution in [2.24, 2.45) is 5.92 Å². The predicted molar refractivity (Wildman–Crippen MR) is 73.8 cm³/mol. The molecule has 18 heavy (non-hydrogen) atoms. The highest BCUT2D eigenvalue weighted by molar-refractivity contribution is 5.37. The van der Waals surface area contributed by atoms with Gasteiger partial charge in [-0.2, -0.15) is 0 Å². The fourth-order valence-corrected chi connectivity index (χ4v) is 3.60. The first-order chi connectivity index (χ1) is 8.79. The van der Waals surface area contributed by atoms with Gasteiger partial charge in [-0.25, -0.2) is 0 Å². The van der Waals surface area contributed by atoms with Gasteiger partial charge in [0.05, 0.1) is 6.10 Å². The van der Waals surface area contributed by atoms with E-state index in [0.29, 0.717) is 18.1 Å². The first-order valence-electron chi connectivity index (χ1n) is 7.20. The summed E-state index contributed by atoms with van der Waals surface area (Å²) in [5.74, 6) is 0.606. The van der Waals surface area contributed by atoms with E-state index in [9.17, 15) is 0 Å². The molecule has 0 saturated carbocycles. The summed E-state index contributed by atoms with van der Waals surface area (Å²) in [5, 5.41) is 3.50. The molecule has 1 aliphatic heterocycles. The Bertz CT molecular complexity index is 429. The summed E-state index contributed by atoms with van der Waals surface area (Å²) in [6.07, 6.45) is 5.39. The molecule has 1 saturated heterocycles. The molecule has 0 radical (unpaired) electrons. The van der Waals surface area contributed by atoms with Gasteiger partial charge in [-0.3, -0.25) is 0 Å². The topological polar surface area (TPSA) is 21.3 Å². The summed E-state index contributed by atoms with van der Waals surface area (Å²) >= 11 is 0. The molecule has 1 aromatic rings. The largest absolute Gasteiger partial charge is 0.378 e. The highest BCUT2D eigenvalue weighted by Gasteiger charge is 2.32. The first kappa shape index (κ1) is 12.2. The van der Waals surface area contributed by atoms with Crippen molar-refractivity contribution in [3.63, 3.8) is 0 Å². The van der Waals surface area contributed by atoms with E-state index in [0.717, 1.165) is 6.61 Å². The smallest absolute Gasteiger partial charge is 0.0594 e. The number of ether oxygens (including phenoxy) is 1. The van der Waals surface area contributed by atoms with Crippen molar-refractivity contribution in [1.29, 1.82) is 0 Å². The first-order valence-corrected chi connectivity index (χ1v) is 7.20. The van der Waals surface area contributed by atoms with E-state index in [4.69, 9.17) is 4.74 Å².